The SMILES string of the molecule is COC1C(O)[C@@H](O)O[C@@H]1[C@@H](O)CO. The van der Waals surface area contributed by atoms with Gasteiger partial charge < -0.3 is 29.9 Å². The number of methoxy groups -OCH3 is 1. The highest BCUT2D eigenvalue weighted by Gasteiger charge is 2.46. The maximum atomic E-state index is 9.28. The molecule has 0 saturated carbocycles. The molecule has 0 amide bonds. The second-order valence-corrected chi connectivity index (χ2v) is 2.93. The molecule has 1 fully saturated rings. The number of hydrogen-bond acceptors (Lipinski definition) is 6. The van der Waals surface area contributed by atoms with Gasteiger partial charge in [-0.3, -0.25) is 0 Å². The Labute approximate surface area is 75.3 Å². The number of ether oxygens (including phenoxy) is 2. The normalized spacial score (nSPS) is 42.2. The van der Waals surface area contributed by atoms with Crippen molar-refractivity contribution in [3.63, 3.8) is 0 Å². The molecule has 1 aliphatic rings. The van der Waals surface area contributed by atoms with Crippen LogP contribution in [-0.4, -0.2) is 64.8 Å². The van der Waals surface area contributed by atoms with E-state index in [0.29, 0.717) is 0 Å². The molecular formula is C7H14O6. The van der Waals surface area contributed by atoms with Crippen LogP contribution in [0, 0.1) is 0 Å². The summed E-state index contributed by atoms with van der Waals surface area (Å²) in [5.41, 5.74) is 0. The van der Waals surface area contributed by atoms with Crippen LogP contribution in [0.2, 0.25) is 0 Å². The van der Waals surface area contributed by atoms with E-state index in [1.807, 2.05) is 0 Å². The molecule has 0 aromatic carbocycles. The Hall–Kier alpha value is -0.240. The molecule has 0 radical (unpaired) electrons. The van der Waals surface area contributed by atoms with Gasteiger partial charge in [0.2, 0.25) is 0 Å². The van der Waals surface area contributed by atoms with Crippen molar-refractivity contribution in [3.05, 3.63) is 0 Å². The molecule has 2 unspecified atom stereocenters. The van der Waals surface area contributed by atoms with Crippen LogP contribution in [0.3, 0.4) is 0 Å². The second-order valence-electron chi connectivity index (χ2n) is 2.93. The summed E-state index contributed by atoms with van der Waals surface area (Å²) in [6.45, 7) is -0.510. The Bertz CT molecular complexity index is 163. The van der Waals surface area contributed by atoms with Gasteiger partial charge in [0.15, 0.2) is 6.29 Å². The average Bonchev–Trinajstić information content (AvgIpc) is 2.42. The predicted octanol–water partition coefficient (Wildman–Crippen LogP) is -2.57. The van der Waals surface area contributed by atoms with E-state index in [-0.39, 0.29) is 0 Å². The van der Waals surface area contributed by atoms with Crippen LogP contribution in [0.1, 0.15) is 0 Å². The minimum absolute atomic E-state index is 0.510. The molecule has 6 heteroatoms. The van der Waals surface area contributed by atoms with Crippen molar-refractivity contribution >= 4 is 0 Å². The van der Waals surface area contributed by atoms with Crippen molar-refractivity contribution < 1.29 is 29.9 Å². The van der Waals surface area contributed by atoms with Gasteiger partial charge >= 0.3 is 0 Å². The first-order valence-electron chi connectivity index (χ1n) is 3.95. The van der Waals surface area contributed by atoms with Gasteiger partial charge in [-0.25, -0.2) is 0 Å². The summed E-state index contributed by atoms with van der Waals surface area (Å²) in [6, 6.07) is 0. The third-order valence-electron chi connectivity index (χ3n) is 2.09. The van der Waals surface area contributed by atoms with Crippen molar-refractivity contribution in [2.45, 2.75) is 30.7 Å². The molecular weight excluding hydrogens is 180 g/mol. The summed E-state index contributed by atoms with van der Waals surface area (Å²) in [5.74, 6) is 0. The Balaban J connectivity index is 2.64. The molecule has 1 saturated heterocycles. The van der Waals surface area contributed by atoms with E-state index >= 15 is 0 Å². The molecule has 5 atom stereocenters. The van der Waals surface area contributed by atoms with Gasteiger partial charge in [-0.05, 0) is 0 Å². The lowest BCUT2D eigenvalue weighted by atomic mass is 10.1. The standard InChI is InChI=1S/C7H14O6/c1-12-6-4(10)7(11)13-5(6)3(9)2-8/h3-11H,2H2,1H3/t3-,4?,5+,6?,7-/m0/s1. The van der Waals surface area contributed by atoms with E-state index in [0.717, 1.165) is 0 Å². The van der Waals surface area contributed by atoms with Crippen LogP contribution < -0.4 is 0 Å². The molecule has 1 rings (SSSR count). The molecule has 0 aliphatic carbocycles. The van der Waals surface area contributed by atoms with Crippen LogP contribution >= 0.6 is 0 Å². The van der Waals surface area contributed by atoms with Crippen LogP contribution in [0.5, 0.6) is 0 Å². The fourth-order valence-corrected chi connectivity index (χ4v) is 1.36. The minimum atomic E-state index is -1.38. The van der Waals surface area contributed by atoms with E-state index in [1.54, 1.807) is 0 Å². The van der Waals surface area contributed by atoms with Crippen molar-refractivity contribution in [1.29, 1.82) is 0 Å². The lowest BCUT2D eigenvalue weighted by Crippen LogP contribution is -2.41. The van der Waals surface area contributed by atoms with E-state index in [1.165, 1.54) is 7.11 Å². The lowest BCUT2D eigenvalue weighted by Gasteiger charge is -2.21. The molecule has 0 bridgehead atoms. The maximum absolute atomic E-state index is 9.28. The number of rotatable bonds is 3. The fourth-order valence-electron chi connectivity index (χ4n) is 1.36. The highest BCUT2D eigenvalue weighted by molar-refractivity contribution is 4.90. The van der Waals surface area contributed by atoms with Gasteiger partial charge in [-0.2, -0.15) is 0 Å². The first-order chi connectivity index (χ1) is 6.11. The monoisotopic (exact) mass is 194 g/mol. The van der Waals surface area contributed by atoms with Gasteiger partial charge in [-0.15, -0.1) is 0 Å². The fraction of sp³-hybridized carbons (Fsp3) is 1.00. The highest BCUT2D eigenvalue weighted by atomic mass is 16.7. The minimum Gasteiger partial charge on any atom is -0.394 e. The van der Waals surface area contributed by atoms with Crippen molar-refractivity contribution in [3.8, 4) is 0 Å². The van der Waals surface area contributed by atoms with Gasteiger partial charge in [0.25, 0.3) is 0 Å². The molecule has 78 valence electrons. The van der Waals surface area contributed by atoms with Crippen LogP contribution in [-0.2, 0) is 9.47 Å². The van der Waals surface area contributed by atoms with E-state index in [4.69, 9.17) is 19.7 Å². The average molecular weight is 194 g/mol. The summed E-state index contributed by atoms with van der Waals surface area (Å²) in [7, 11) is 1.33. The van der Waals surface area contributed by atoms with Crippen LogP contribution in [0.4, 0.5) is 0 Å². The third kappa shape index (κ3) is 1.98. The van der Waals surface area contributed by atoms with Gasteiger partial charge in [-0.1, -0.05) is 0 Å². The van der Waals surface area contributed by atoms with Crippen LogP contribution in [0.15, 0.2) is 0 Å². The van der Waals surface area contributed by atoms with Gasteiger partial charge in [0, 0.05) is 7.11 Å². The Morgan fingerprint density at radius 2 is 2.08 bits per heavy atom. The summed E-state index contributed by atoms with van der Waals surface area (Å²) in [6.07, 6.45) is -5.47. The van der Waals surface area contributed by atoms with Crippen LogP contribution in [0.25, 0.3) is 0 Å². The van der Waals surface area contributed by atoms with Gasteiger partial charge in [0.05, 0.1) is 6.61 Å². The second kappa shape index (κ2) is 4.32. The Morgan fingerprint density at radius 3 is 2.54 bits per heavy atom. The summed E-state index contributed by atoms with van der Waals surface area (Å²) >= 11 is 0. The molecule has 0 aromatic rings. The molecule has 1 aliphatic heterocycles. The zero-order valence-electron chi connectivity index (χ0n) is 7.20. The number of aliphatic hydroxyl groups is 4. The maximum Gasteiger partial charge on any atom is 0.184 e. The largest absolute Gasteiger partial charge is 0.394 e. The first kappa shape index (κ1) is 10.8. The molecule has 4 N–H and O–H groups in total. The molecule has 1 heterocycles. The van der Waals surface area contributed by atoms with E-state index in [2.05, 4.69) is 0 Å². The predicted molar refractivity (Wildman–Crippen MR) is 40.8 cm³/mol. The summed E-state index contributed by atoms with van der Waals surface area (Å²) in [4.78, 5) is 0. The zero-order chi connectivity index (χ0) is 10.0. The lowest BCUT2D eigenvalue weighted by molar-refractivity contribution is -0.150. The topological polar surface area (TPSA) is 99.4 Å². The molecule has 6 nitrogen and oxygen atoms in total. The highest BCUT2D eigenvalue weighted by Crippen LogP contribution is 2.24. The van der Waals surface area contributed by atoms with Crippen molar-refractivity contribution in [2.24, 2.45) is 0 Å². The molecule has 0 spiro atoms. The van der Waals surface area contributed by atoms with Gasteiger partial charge in [0.1, 0.15) is 24.4 Å². The van der Waals surface area contributed by atoms with Crippen molar-refractivity contribution in [1.82, 2.24) is 0 Å². The molecule has 13 heavy (non-hydrogen) atoms. The molecule has 0 aromatic heterocycles. The number of hydrogen-bond donors (Lipinski definition) is 4. The summed E-state index contributed by atoms with van der Waals surface area (Å²) < 4.78 is 9.62. The number of aliphatic hydroxyl groups excluding tert-OH is 4. The Kier molecular flexibility index (Phi) is 3.60. The first-order valence-corrected chi connectivity index (χ1v) is 3.95. The Morgan fingerprint density at radius 1 is 1.46 bits per heavy atom. The smallest absolute Gasteiger partial charge is 0.184 e. The van der Waals surface area contributed by atoms with Crippen molar-refractivity contribution in [2.75, 3.05) is 13.7 Å². The van der Waals surface area contributed by atoms with E-state index in [9.17, 15) is 10.2 Å². The third-order valence-corrected chi connectivity index (χ3v) is 2.09. The summed E-state index contributed by atoms with van der Waals surface area (Å²) in [5, 5.41) is 36.2. The van der Waals surface area contributed by atoms with E-state index < -0.39 is 37.3 Å². The quantitative estimate of drug-likeness (QED) is 0.394. The zero-order valence-corrected chi connectivity index (χ0v) is 7.20.